The largest absolute Gasteiger partial charge is 0.465 e. The number of rotatable bonds is 4. The Morgan fingerprint density at radius 1 is 1.36 bits per heavy atom. The van der Waals surface area contributed by atoms with E-state index in [-0.39, 0.29) is 18.0 Å². The normalized spacial score (nSPS) is 15.1. The third kappa shape index (κ3) is 3.69. The van der Waals surface area contributed by atoms with E-state index in [0.717, 1.165) is 30.8 Å². The first-order valence-electron chi connectivity index (χ1n) is 8.29. The van der Waals surface area contributed by atoms with Crippen molar-refractivity contribution in [2.24, 2.45) is 0 Å². The monoisotopic (exact) mass is 344 g/mol. The average Bonchev–Trinajstić information content (AvgIpc) is 3.13. The number of carbonyl (C=O) groups excluding carboxylic acids is 1. The Morgan fingerprint density at radius 3 is 2.80 bits per heavy atom. The van der Waals surface area contributed by atoms with Gasteiger partial charge in [-0.1, -0.05) is 17.3 Å². The van der Waals surface area contributed by atoms with Crippen LogP contribution in [0, 0.1) is 0 Å². The van der Waals surface area contributed by atoms with E-state index in [0.29, 0.717) is 17.3 Å². The van der Waals surface area contributed by atoms with E-state index in [1.807, 2.05) is 0 Å². The van der Waals surface area contributed by atoms with E-state index in [1.54, 1.807) is 31.2 Å². The van der Waals surface area contributed by atoms with Gasteiger partial charge >= 0.3 is 6.09 Å². The Kier molecular flexibility index (Phi) is 5.08. The van der Waals surface area contributed by atoms with E-state index in [9.17, 15) is 9.59 Å². The molecular formula is C17H20N4O4. The molecule has 2 heterocycles. The molecule has 2 N–H and O–H groups in total. The summed E-state index contributed by atoms with van der Waals surface area (Å²) in [7, 11) is 0. The smallest absolute Gasteiger partial charge is 0.414 e. The third-order valence-corrected chi connectivity index (χ3v) is 4.29. The summed E-state index contributed by atoms with van der Waals surface area (Å²) < 4.78 is 5.39. The standard InChI is InChI=1S/C17H20N4O4/c1-2-21(17(23)24)16(22)13-5-3-4-12(10-13)14-19-15(25-20-14)11-6-8-18-9-7-11/h3-5,10-11,18H,2,6-9H2,1H3,(H,23,24). The molecule has 1 aromatic heterocycles. The zero-order chi connectivity index (χ0) is 17.8. The molecule has 2 aromatic rings. The van der Waals surface area contributed by atoms with Crippen LogP contribution in [0.5, 0.6) is 0 Å². The highest BCUT2D eigenvalue weighted by Crippen LogP contribution is 2.26. The Balaban J connectivity index is 1.83. The number of hydrogen-bond donors (Lipinski definition) is 2. The molecule has 0 unspecified atom stereocenters. The SMILES string of the molecule is CCN(C(=O)O)C(=O)c1cccc(-c2noc(C3CCNCC3)n2)c1. The summed E-state index contributed by atoms with van der Waals surface area (Å²) in [4.78, 5) is 28.7. The highest BCUT2D eigenvalue weighted by molar-refractivity contribution is 6.03. The van der Waals surface area contributed by atoms with Crippen LogP contribution in [0.25, 0.3) is 11.4 Å². The molecule has 0 saturated carbocycles. The summed E-state index contributed by atoms with van der Waals surface area (Å²) in [5.41, 5.74) is 0.895. The van der Waals surface area contributed by atoms with Gasteiger partial charge in [0.15, 0.2) is 0 Å². The van der Waals surface area contributed by atoms with E-state index in [1.165, 1.54) is 0 Å². The number of aromatic nitrogens is 2. The lowest BCUT2D eigenvalue weighted by Crippen LogP contribution is -2.35. The van der Waals surface area contributed by atoms with Crippen LogP contribution in [0.4, 0.5) is 4.79 Å². The fraction of sp³-hybridized carbons (Fsp3) is 0.412. The molecule has 1 fully saturated rings. The van der Waals surface area contributed by atoms with Gasteiger partial charge in [0.2, 0.25) is 11.7 Å². The van der Waals surface area contributed by atoms with Gasteiger partial charge in [-0.15, -0.1) is 0 Å². The molecule has 8 heteroatoms. The Bertz CT molecular complexity index is 768. The summed E-state index contributed by atoms with van der Waals surface area (Å²) in [6.45, 7) is 3.55. The number of imide groups is 1. The fourth-order valence-corrected chi connectivity index (χ4v) is 2.90. The highest BCUT2D eigenvalue weighted by Gasteiger charge is 2.23. The number of nitrogens with zero attached hydrogens (tertiary/aromatic N) is 3. The quantitative estimate of drug-likeness (QED) is 0.876. The van der Waals surface area contributed by atoms with Gasteiger partial charge in [-0.25, -0.2) is 9.69 Å². The van der Waals surface area contributed by atoms with Crippen molar-refractivity contribution in [1.29, 1.82) is 0 Å². The summed E-state index contributed by atoms with van der Waals surface area (Å²) in [5, 5.41) is 16.4. The van der Waals surface area contributed by atoms with E-state index in [2.05, 4.69) is 15.5 Å². The second-order valence-electron chi connectivity index (χ2n) is 5.89. The zero-order valence-electron chi connectivity index (χ0n) is 13.9. The average molecular weight is 344 g/mol. The Morgan fingerprint density at radius 2 is 2.12 bits per heavy atom. The van der Waals surface area contributed by atoms with Gasteiger partial charge in [-0.05, 0) is 45.0 Å². The van der Waals surface area contributed by atoms with Gasteiger partial charge in [-0.2, -0.15) is 4.98 Å². The predicted molar refractivity (Wildman–Crippen MR) is 89.3 cm³/mol. The van der Waals surface area contributed by atoms with Gasteiger partial charge in [0.1, 0.15) is 0 Å². The molecule has 0 radical (unpaired) electrons. The Labute approximate surface area is 144 Å². The van der Waals surface area contributed by atoms with Crippen molar-refractivity contribution in [3.05, 3.63) is 35.7 Å². The molecular weight excluding hydrogens is 324 g/mol. The molecule has 1 aliphatic heterocycles. The molecule has 1 saturated heterocycles. The minimum Gasteiger partial charge on any atom is -0.465 e. The second-order valence-corrected chi connectivity index (χ2v) is 5.89. The van der Waals surface area contributed by atoms with Crippen molar-refractivity contribution < 1.29 is 19.2 Å². The number of benzene rings is 1. The maximum absolute atomic E-state index is 12.3. The highest BCUT2D eigenvalue weighted by atomic mass is 16.5. The van der Waals surface area contributed by atoms with Crippen LogP contribution in [-0.2, 0) is 0 Å². The zero-order valence-corrected chi connectivity index (χ0v) is 13.9. The molecule has 2 amide bonds. The summed E-state index contributed by atoms with van der Waals surface area (Å²) in [6, 6.07) is 6.61. The maximum atomic E-state index is 12.3. The van der Waals surface area contributed by atoms with Crippen LogP contribution in [0.15, 0.2) is 28.8 Å². The van der Waals surface area contributed by atoms with Crippen LogP contribution in [0.1, 0.15) is 41.9 Å². The van der Waals surface area contributed by atoms with E-state index < -0.39 is 12.0 Å². The van der Waals surface area contributed by atoms with Crippen LogP contribution < -0.4 is 5.32 Å². The fourth-order valence-electron chi connectivity index (χ4n) is 2.90. The number of amides is 2. The van der Waals surface area contributed by atoms with Gasteiger partial charge in [0, 0.05) is 23.6 Å². The second kappa shape index (κ2) is 7.43. The first-order valence-corrected chi connectivity index (χ1v) is 8.29. The van der Waals surface area contributed by atoms with Crippen molar-refractivity contribution in [3.8, 4) is 11.4 Å². The summed E-state index contributed by atoms with van der Waals surface area (Å²) in [6.07, 6.45) is 0.625. The number of carbonyl (C=O) groups is 2. The van der Waals surface area contributed by atoms with Crippen molar-refractivity contribution in [1.82, 2.24) is 20.4 Å². The van der Waals surface area contributed by atoms with Crippen LogP contribution in [0.2, 0.25) is 0 Å². The number of hydrogen-bond acceptors (Lipinski definition) is 6. The van der Waals surface area contributed by atoms with Gasteiger partial charge in [-0.3, -0.25) is 4.79 Å². The lowest BCUT2D eigenvalue weighted by atomic mass is 9.98. The first-order chi connectivity index (χ1) is 12.1. The topological polar surface area (TPSA) is 109 Å². The lowest BCUT2D eigenvalue weighted by Gasteiger charge is -2.18. The van der Waals surface area contributed by atoms with Crippen molar-refractivity contribution >= 4 is 12.0 Å². The minimum atomic E-state index is -1.27. The van der Waals surface area contributed by atoms with Crippen LogP contribution in [0.3, 0.4) is 0 Å². The van der Waals surface area contributed by atoms with Gasteiger partial charge < -0.3 is 14.9 Å². The minimum absolute atomic E-state index is 0.0838. The molecule has 0 bridgehead atoms. The third-order valence-electron chi connectivity index (χ3n) is 4.29. The summed E-state index contributed by atoms with van der Waals surface area (Å²) in [5.74, 6) is 0.685. The maximum Gasteiger partial charge on any atom is 0.414 e. The first kappa shape index (κ1) is 17.1. The molecule has 1 aromatic carbocycles. The van der Waals surface area contributed by atoms with E-state index in [4.69, 9.17) is 9.63 Å². The Hall–Kier alpha value is -2.74. The van der Waals surface area contributed by atoms with Crippen molar-refractivity contribution in [2.75, 3.05) is 19.6 Å². The predicted octanol–water partition coefficient (Wildman–Crippen LogP) is 2.34. The van der Waals surface area contributed by atoms with Crippen LogP contribution in [-0.4, -0.2) is 51.8 Å². The summed E-state index contributed by atoms with van der Waals surface area (Å²) >= 11 is 0. The van der Waals surface area contributed by atoms with Gasteiger partial charge in [0.25, 0.3) is 5.91 Å². The molecule has 1 aliphatic rings. The number of piperidine rings is 1. The molecule has 132 valence electrons. The molecule has 8 nitrogen and oxygen atoms in total. The molecule has 25 heavy (non-hydrogen) atoms. The van der Waals surface area contributed by atoms with Gasteiger partial charge in [0.05, 0.1) is 0 Å². The molecule has 0 spiro atoms. The lowest BCUT2D eigenvalue weighted by molar-refractivity contribution is 0.0751. The van der Waals surface area contributed by atoms with Crippen LogP contribution >= 0.6 is 0 Å². The number of carboxylic acid groups (broad SMARTS) is 1. The van der Waals surface area contributed by atoms with Crippen molar-refractivity contribution in [3.63, 3.8) is 0 Å². The molecule has 3 rings (SSSR count). The molecule has 0 atom stereocenters. The number of nitrogens with one attached hydrogen (secondary N) is 1. The van der Waals surface area contributed by atoms with E-state index >= 15 is 0 Å². The van der Waals surface area contributed by atoms with Crippen molar-refractivity contribution in [2.45, 2.75) is 25.7 Å². The molecule has 0 aliphatic carbocycles.